The molecule has 0 aliphatic carbocycles. The first-order valence-electron chi connectivity index (χ1n) is 10.4. The second-order valence-electron chi connectivity index (χ2n) is 7.63. The summed E-state index contributed by atoms with van der Waals surface area (Å²) < 4.78 is 39.2. The molecule has 0 rings (SSSR count). The van der Waals surface area contributed by atoms with E-state index in [1.165, 1.54) is 0 Å². The summed E-state index contributed by atoms with van der Waals surface area (Å²) in [5, 5.41) is 0. The van der Waals surface area contributed by atoms with Crippen molar-refractivity contribution in [2.75, 3.05) is 53.4 Å². The van der Waals surface area contributed by atoms with Crippen LogP contribution in [0.1, 0.15) is 48.5 Å². The van der Waals surface area contributed by atoms with E-state index in [9.17, 15) is 0 Å². The van der Waals surface area contributed by atoms with Crippen molar-refractivity contribution < 1.29 is 33.2 Å². The van der Waals surface area contributed by atoms with E-state index >= 15 is 0 Å². The quantitative estimate of drug-likeness (QED) is 0.304. The molecule has 0 spiro atoms. The lowest BCUT2D eigenvalue weighted by Crippen LogP contribution is -2.29. The summed E-state index contributed by atoms with van der Waals surface area (Å²) in [6, 6.07) is 0. The lowest BCUT2D eigenvalue weighted by molar-refractivity contribution is -0.102. The molecule has 28 heavy (non-hydrogen) atoms. The summed E-state index contributed by atoms with van der Waals surface area (Å²) in [6.45, 7) is 17.9. The zero-order chi connectivity index (χ0) is 21.4. The van der Waals surface area contributed by atoms with Gasteiger partial charge in [-0.3, -0.25) is 0 Å². The number of ether oxygens (including phenoxy) is 7. The van der Waals surface area contributed by atoms with Crippen LogP contribution in [-0.2, 0) is 33.2 Å². The van der Waals surface area contributed by atoms with Crippen molar-refractivity contribution >= 4 is 0 Å². The van der Waals surface area contributed by atoms with Crippen LogP contribution >= 0.6 is 0 Å². The molecule has 0 aliphatic heterocycles. The SMILES string of the molecule is COCCO[C@@H](C)CO[C@@H](C)CO[C@H](C)CO[C@H](C)CO[C@@H](C)COC(C)C. The summed E-state index contributed by atoms with van der Waals surface area (Å²) in [4.78, 5) is 0. The number of rotatable bonds is 19. The largest absolute Gasteiger partial charge is 0.382 e. The molecule has 0 radical (unpaired) electrons. The standard InChI is InChI=1S/C21H44O7/c1-16(2)24-11-18(4)26-13-20(6)28-15-21(7)27-14-19(5)25-12-17(3)23-10-9-22-8/h16-21H,9-15H2,1-8H3/t17-,18-,19-,20+,21+/m0/s1. The van der Waals surface area contributed by atoms with Crippen molar-refractivity contribution in [2.24, 2.45) is 0 Å². The maximum absolute atomic E-state index is 5.80. The van der Waals surface area contributed by atoms with Gasteiger partial charge in [0, 0.05) is 7.11 Å². The minimum Gasteiger partial charge on any atom is -0.382 e. The Kier molecular flexibility index (Phi) is 17.4. The van der Waals surface area contributed by atoms with Gasteiger partial charge in [-0.1, -0.05) is 0 Å². The lowest BCUT2D eigenvalue weighted by atomic mass is 10.3. The third-order valence-electron chi connectivity index (χ3n) is 3.82. The lowest BCUT2D eigenvalue weighted by Gasteiger charge is -2.22. The predicted molar refractivity (Wildman–Crippen MR) is 110 cm³/mol. The van der Waals surface area contributed by atoms with Gasteiger partial charge in [0.25, 0.3) is 0 Å². The monoisotopic (exact) mass is 408 g/mol. The molecule has 0 amide bonds. The van der Waals surface area contributed by atoms with E-state index in [-0.39, 0.29) is 36.6 Å². The maximum atomic E-state index is 5.80. The van der Waals surface area contributed by atoms with E-state index in [4.69, 9.17) is 33.2 Å². The zero-order valence-electron chi connectivity index (χ0n) is 19.3. The number of methoxy groups -OCH3 is 1. The molecule has 0 unspecified atom stereocenters. The second-order valence-corrected chi connectivity index (χ2v) is 7.63. The van der Waals surface area contributed by atoms with Crippen LogP contribution in [0.25, 0.3) is 0 Å². The van der Waals surface area contributed by atoms with E-state index in [1.54, 1.807) is 7.11 Å². The summed E-state index contributed by atoms with van der Waals surface area (Å²) in [6.07, 6.45) is 0.305. The Labute approximate surface area is 172 Å². The molecule has 5 atom stereocenters. The van der Waals surface area contributed by atoms with Crippen LogP contribution in [0.5, 0.6) is 0 Å². The van der Waals surface area contributed by atoms with E-state index in [0.717, 1.165) is 0 Å². The highest BCUT2D eigenvalue weighted by atomic mass is 16.6. The van der Waals surface area contributed by atoms with Crippen molar-refractivity contribution in [3.63, 3.8) is 0 Å². The molecule has 7 nitrogen and oxygen atoms in total. The molecule has 0 aromatic rings. The Balaban J connectivity index is 3.72. The third kappa shape index (κ3) is 17.8. The van der Waals surface area contributed by atoms with Crippen molar-refractivity contribution in [3.05, 3.63) is 0 Å². The van der Waals surface area contributed by atoms with Gasteiger partial charge in [-0.25, -0.2) is 0 Å². The van der Waals surface area contributed by atoms with E-state index in [1.807, 2.05) is 48.5 Å². The molecule has 0 aromatic carbocycles. The predicted octanol–water partition coefficient (Wildman–Crippen LogP) is 3.08. The van der Waals surface area contributed by atoms with E-state index in [2.05, 4.69) is 0 Å². The molecule has 0 saturated carbocycles. The van der Waals surface area contributed by atoms with Gasteiger partial charge in [-0.15, -0.1) is 0 Å². The Morgan fingerprint density at radius 3 is 1.07 bits per heavy atom. The smallest absolute Gasteiger partial charge is 0.0781 e. The Bertz CT molecular complexity index is 341. The van der Waals surface area contributed by atoms with Crippen LogP contribution in [0, 0.1) is 0 Å². The van der Waals surface area contributed by atoms with Gasteiger partial charge < -0.3 is 33.2 Å². The fourth-order valence-electron chi connectivity index (χ4n) is 2.10. The summed E-state index contributed by atoms with van der Waals surface area (Å²) >= 11 is 0. The zero-order valence-corrected chi connectivity index (χ0v) is 19.3. The van der Waals surface area contributed by atoms with E-state index in [0.29, 0.717) is 46.2 Å². The van der Waals surface area contributed by atoms with Crippen LogP contribution in [-0.4, -0.2) is 90.0 Å². The van der Waals surface area contributed by atoms with Crippen molar-refractivity contribution in [1.82, 2.24) is 0 Å². The molecule has 0 N–H and O–H groups in total. The normalized spacial score (nSPS) is 17.5. The molecular weight excluding hydrogens is 364 g/mol. The number of hydrogen-bond donors (Lipinski definition) is 0. The van der Waals surface area contributed by atoms with Gasteiger partial charge in [0.2, 0.25) is 0 Å². The summed E-state index contributed by atoms with van der Waals surface area (Å²) in [5.74, 6) is 0. The van der Waals surface area contributed by atoms with Gasteiger partial charge in [0.05, 0.1) is 82.9 Å². The molecule has 0 fully saturated rings. The Morgan fingerprint density at radius 2 is 0.750 bits per heavy atom. The van der Waals surface area contributed by atoms with Crippen molar-refractivity contribution in [1.29, 1.82) is 0 Å². The molecule has 7 heteroatoms. The fourth-order valence-corrected chi connectivity index (χ4v) is 2.10. The van der Waals surface area contributed by atoms with Gasteiger partial charge in [-0.2, -0.15) is 0 Å². The highest BCUT2D eigenvalue weighted by Gasteiger charge is 2.12. The molecule has 0 heterocycles. The summed E-state index contributed by atoms with van der Waals surface area (Å²) in [7, 11) is 1.66. The van der Waals surface area contributed by atoms with Crippen molar-refractivity contribution in [2.45, 2.75) is 85.1 Å². The third-order valence-corrected chi connectivity index (χ3v) is 3.82. The minimum absolute atomic E-state index is 0.00140. The van der Waals surface area contributed by atoms with Gasteiger partial charge >= 0.3 is 0 Å². The molecule has 0 aromatic heterocycles. The average Bonchev–Trinajstić information content (AvgIpc) is 2.65. The summed E-state index contributed by atoms with van der Waals surface area (Å²) in [5.41, 5.74) is 0. The molecule has 0 aliphatic rings. The molecule has 0 saturated heterocycles. The first kappa shape index (κ1) is 27.7. The van der Waals surface area contributed by atoms with Gasteiger partial charge in [-0.05, 0) is 48.5 Å². The van der Waals surface area contributed by atoms with Crippen LogP contribution < -0.4 is 0 Å². The molecule has 170 valence electrons. The highest BCUT2D eigenvalue weighted by molar-refractivity contribution is 4.58. The van der Waals surface area contributed by atoms with Crippen LogP contribution in [0.2, 0.25) is 0 Å². The van der Waals surface area contributed by atoms with Gasteiger partial charge in [0.1, 0.15) is 0 Å². The maximum Gasteiger partial charge on any atom is 0.0781 e. The Morgan fingerprint density at radius 1 is 0.429 bits per heavy atom. The van der Waals surface area contributed by atoms with Gasteiger partial charge in [0.15, 0.2) is 0 Å². The first-order chi connectivity index (χ1) is 13.2. The first-order valence-corrected chi connectivity index (χ1v) is 10.4. The van der Waals surface area contributed by atoms with Crippen LogP contribution in [0.4, 0.5) is 0 Å². The Hall–Kier alpha value is -0.280. The highest BCUT2D eigenvalue weighted by Crippen LogP contribution is 2.04. The fraction of sp³-hybridized carbons (Fsp3) is 1.00. The molecule has 0 bridgehead atoms. The minimum atomic E-state index is -0.00873. The second kappa shape index (κ2) is 17.6. The average molecular weight is 409 g/mol. The number of hydrogen-bond acceptors (Lipinski definition) is 7. The van der Waals surface area contributed by atoms with Crippen molar-refractivity contribution in [3.8, 4) is 0 Å². The van der Waals surface area contributed by atoms with Crippen LogP contribution in [0.15, 0.2) is 0 Å². The van der Waals surface area contributed by atoms with Crippen LogP contribution in [0.3, 0.4) is 0 Å². The van der Waals surface area contributed by atoms with E-state index < -0.39 is 0 Å². The topological polar surface area (TPSA) is 64.6 Å². The molecular formula is C21H44O7.